The molecular weight excluding hydrogens is 322 g/mol. The Morgan fingerprint density at radius 2 is 1.19 bits per heavy atom. The molecule has 0 aliphatic heterocycles. The number of hydrogen-bond acceptors (Lipinski definition) is 0. The molecule has 0 unspecified atom stereocenters. The van der Waals surface area contributed by atoms with Crippen LogP contribution >= 0.6 is 0 Å². The van der Waals surface area contributed by atoms with Crippen molar-refractivity contribution in [3.05, 3.63) is 66.2 Å². The van der Waals surface area contributed by atoms with Crippen LogP contribution in [0.5, 0.6) is 0 Å². The highest BCUT2D eigenvalue weighted by atomic mass is 79.9. The first-order valence-electron chi connectivity index (χ1n) is 7.76. The normalized spacial score (nSPS) is 11.0. The molecule has 0 amide bonds. The van der Waals surface area contributed by atoms with Gasteiger partial charge in [0, 0.05) is 5.56 Å². The van der Waals surface area contributed by atoms with Gasteiger partial charge in [-0.05, 0) is 25.0 Å². The van der Waals surface area contributed by atoms with E-state index in [1.54, 1.807) is 0 Å². The van der Waals surface area contributed by atoms with E-state index in [2.05, 4.69) is 74.5 Å². The van der Waals surface area contributed by atoms with Gasteiger partial charge in [-0.25, -0.2) is 0 Å². The average molecular weight is 348 g/mol. The highest BCUT2D eigenvalue weighted by molar-refractivity contribution is 5.43. The molecular formula is C19H26BrN. The summed E-state index contributed by atoms with van der Waals surface area (Å²) in [6.45, 7) is 8.07. The monoisotopic (exact) mass is 347 g/mol. The molecule has 2 aromatic rings. The fourth-order valence-electron chi connectivity index (χ4n) is 3.15. The lowest BCUT2D eigenvalue weighted by Crippen LogP contribution is -3.00. The second-order valence-electron chi connectivity index (χ2n) is 5.57. The van der Waals surface area contributed by atoms with E-state index >= 15 is 0 Å². The van der Waals surface area contributed by atoms with Gasteiger partial charge in [0.1, 0.15) is 12.2 Å². The van der Waals surface area contributed by atoms with Gasteiger partial charge in [0.05, 0.1) is 13.1 Å². The van der Waals surface area contributed by atoms with Crippen molar-refractivity contribution in [1.29, 1.82) is 0 Å². The van der Waals surface area contributed by atoms with Gasteiger partial charge in [-0.15, -0.1) is 0 Å². The van der Waals surface area contributed by atoms with Crippen LogP contribution in [-0.4, -0.2) is 13.1 Å². The van der Waals surface area contributed by atoms with Crippen LogP contribution in [0.25, 0.3) is 0 Å². The van der Waals surface area contributed by atoms with Crippen LogP contribution in [0.1, 0.15) is 32.3 Å². The first-order valence-corrected chi connectivity index (χ1v) is 7.76. The third kappa shape index (κ3) is 4.69. The summed E-state index contributed by atoms with van der Waals surface area (Å²) in [6.07, 6.45) is 2.42. The van der Waals surface area contributed by atoms with E-state index in [-0.39, 0.29) is 17.0 Å². The predicted molar refractivity (Wildman–Crippen MR) is 88.7 cm³/mol. The molecule has 0 bridgehead atoms. The van der Waals surface area contributed by atoms with Crippen LogP contribution in [0.15, 0.2) is 60.7 Å². The van der Waals surface area contributed by atoms with Crippen LogP contribution < -0.4 is 21.5 Å². The van der Waals surface area contributed by atoms with E-state index in [1.165, 1.54) is 37.2 Å². The van der Waals surface area contributed by atoms with E-state index in [9.17, 15) is 0 Å². The molecule has 0 aromatic heterocycles. The van der Waals surface area contributed by atoms with Gasteiger partial charge in [0.2, 0.25) is 0 Å². The minimum absolute atomic E-state index is 0. The Balaban J connectivity index is 0.00000220. The smallest absolute Gasteiger partial charge is 0.133 e. The Hall–Kier alpha value is -1.12. The molecule has 2 rings (SSSR count). The van der Waals surface area contributed by atoms with E-state index in [0.29, 0.717) is 0 Å². The van der Waals surface area contributed by atoms with Crippen molar-refractivity contribution in [3.8, 4) is 0 Å². The first-order chi connectivity index (χ1) is 9.80. The molecule has 0 aliphatic rings. The Bertz CT molecular complexity index is 489. The number of hydrogen-bond donors (Lipinski definition) is 0. The van der Waals surface area contributed by atoms with Crippen LogP contribution in [0.2, 0.25) is 0 Å². The summed E-state index contributed by atoms with van der Waals surface area (Å²) < 4.78 is 1.07. The molecule has 0 aliphatic carbocycles. The maximum Gasteiger partial charge on any atom is 0.133 e. The topological polar surface area (TPSA) is 0 Å². The summed E-state index contributed by atoms with van der Waals surface area (Å²) in [6, 6.07) is 21.9. The summed E-state index contributed by atoms with van der Waals surface area (Å²) >= 11 is 0. The SMILES string of the molecule is CCC[N+](CCC)(Cc1ccccc1)c1ccccc1.[Br-]. The lowest BCUT2D eigenvalue weighted by Gasteiger charge is -2.38. The van der Waals surface area contributed by atoms with Crippen molar-refractivity contribution in [3.63, 3.8) is 0 Å². The maximum absolute atomic E-state index is 2.29. The van der Waals surface area contributed by atoms with Crippen molar-refractivity contribution in [2.24, 2.45) is 0 Å². The highest BCUT2D eigenvalue weighted by Gasteiger charge is 2.28. The van der Waals surface area contributed by atoms with E-state index in [4.69, 9.17) is 0 Å². The molecule has 0 N–H and O–H groups in total. The number of nitrogens with zero attached hydrogens (tertiary/aromatic N) is 1. The van der Waals surface area contributed by atoms with Crippen molar-refractivity contribution in [2.75, 3.05) is 13.1 Å². The van der Waals surface area contributed by atoms with Gasteiger partial charge < -0.3 is 17.0 Å². The molecule has 21 heavy (non-hydrogen) atoms. The molecule has 0 heterocycles. The van der Waals surface area contributed by atoms with E-state index in [0.717, 1.165) is 11.0 Å². The zero-order valence-corrected chi connectivity index (χ0v) is 14.7. The van der Waals surface area contributed by atoms with Gasteiger partial charge in [-0.1, -0.05) is 62.4 Å². The van der Waals surface area contributed by atoms with E-state index in [1.807, 2.05) is 0 Å². The van der Waals surface area contributed by atoms with Gasteiger partial charge in [-0.3, -0.25) is 4.48 Å². The predicted octanol–water partition coefficient (Wildman–Crippen LogP) is 2.02. The third-order valence-electron chi connectivity index (χ3n) is 3.94. The van der Waals surface area contributed by atoms with Crippen LogP contribution in [0.3, 0.4) is 0 Å². The molecule has 0 atom stereocenters. The quantitative estimate of drug-likeness (QED) is 0.672. The van der Waals surface area contributed by atoms with Crippen LogP contribution in [-0.2, 0) is 6.54 Å². The number of para-hydroxylation sites is 1. The largest absolute Gasteiger partial charge is 1.00 e. The molecule has 0 saturated carbocycles. The van der Waals surface area contributed by atoms with Crippen molar-refractivity contribution in [1.82, 2.24) is 4.48 Å². The Morgan fingerprint density at radius 3 is 1.67 bits per heavy atom. The number of rotatable bonds is 7. The van der Waals surface area contributed by atoms with Crippen LogP contribution in [0, 0.1) is 0 Å². The van der Waals surface area contributed by atoms with E-state index < -0.39 is 0 Å². The molecule has 0 fully saturated rings. The lowest BCUT2D eigenvalue weighted by molar-refractivity contribution is -0.00000431. The molecule has 0 radical (unpaired) electrons. The molecule has 0 spiro atoms. The van der Waals surface area contributed by atoms with Crippen molar-refractivity contribution >= 4 is 5.69 Å². The molecule has 1 nitrogen and oxygen atoms in total. The summed E-state index contributed by atoms with van der Waals surface area (Å²) in [5, 5.41) is 0. The Labute approximate surface area is 140 Å². The second-order valence-corrected chi connectivity index (χ2v) is 5.57. The minimum Gasteiger partial charge on any atom is -1.00 e. The maximum atomic E-state index is 2.29. The number of benzene rings is 2. The summed E-state index contributed by atoms with van der Waals surface area (Å²) in [5.41, 5.74) is 2.87. The first kappa shape index (κ1) is 17.9. The van der Waals surface area contributed by atoms with Gasteiger partial charge in [0.25, 0.3) is 0 Å². The van der Waals surface area contributed by atoms with Gasteiger partial charge >= 0.3 is 0 Å². The Kier molecular flexibility index (Phi) is 7.69. The van der Waals surface area contributed by atoms with Crippen molar-refractivity contribution in [2.45, 2.75) is 33.2 Å². The summed E-state index contributed by atoms with van der Waals surface area (Å²) in [5.74, 6) is 0. The van der Waals surface area contributed by atoms with Gasteiger partial charge in [-0.2, -0.15) is 0 Å². The zero-order chi connectivity index (χ0) is 14.3. The standard InChI is InChI=1S/C19H26N.BrH/c1-3-15-20(16-4-2,19-13-9-6-10-14-19)17-18-11-7-5-8-12-18;/h5-14H,3-4,15-17H2,1-2H3;1H/q+1;/p-1. The second kappa shape index (κ2) is 9.01. The summed E-state index contributed by atoms with van der Waals surface area (Å²) in [4.78, 5) is 0. The van der Waals surface area contributed by atoms with Crippen LogP contribution in [0.4, 0.5) is 5.69 Å². The third-order valence-corrected chi connectivity index (χ3v) is 3.94. The zero-order valence-electron chi connectivity index (χ0n) is 13.1. The highest BCUT2D eigenvalue weighted by Crippen LogP contribution is 2.27. The minimum atomic E-state index is 0. The lowest BCUT2D eigenvalue weighted by atomic mass is 10.1. The Morgan fingerprint density at radius 1 is 0.714 bits per heavy atom. The average Bonchev–Trinajstić information content (AvgIpc) is 2.49. The van der Waals surface area contributed by atoms with Crippen molar-refractivity contribution < 1.29 is 17.0 Å². The molecule has 2 aromatic carbocycles. The number of halogens is 1. The molecule has 0 saturated heterocycles. The van der Waals surface area contributed by atoms with Gasteiger partial charge in [0.15, 0.2) is 0 Å². The summed E-state index contributed by atoms with van der Waals surface area (Å²) in [7, 11) is 0. The molecule has 2 heteroatoms. The molecule has 114 valence electrons. The fraction of sp³-hybridized carbons (Fsp3) is 0.368. The number of quaternary nitrogens is 1. The fourth-order valence-corrected chi connectivity index (χ4v) is 3.15.